The van der Waals surface area contributed by atoms with Gasteiger partial charge in [-0.3, -0.25) is 9.59 Å². The van der Waals surface area contributed by atoms with E-state index in [4.69, 9.17) is 10.5 Å². The van der Waals surface area contributed by atoms with Gasteiger partial charge in [-0.05, 0) is 18.6 Å². The van der Waals surface area contributed by atoms with Crippen LogP contribution in [0, 0.1) is 0 Å². The van der Waals surface area contributed by atoms with Gasteiger partial charge in [-0.25, -0.2) is 5.43 Å². The first-order valence-electron chi connectivity index (χ1n) is 5.63. The molecule has 102 valence electrons. The van der Waals surface area contributed by atoms with Gasteiger partial charge >= 0.3 is 11.8 Å². The van der Waals surface area contributed by atoms with Crippen molar-refractivity contribution in [2.24, 2.45) is 10.8 Å². The summed E-state index contributed by atoms with van der Waals surface area (Å²) in [6.07, 6.45) is 2.06. The first-order valence-corrected chi connectivity index (χ1v) is 5.63. The molecular weight excluding hydrogens is 250 g/mol. The third-order valence-electron chi connectivity index (χ3n) is 2.07. The molecule has 0 saturated carbocycles. The number of carbonyl (C=O) groups is 2. The molecule has 0 atom stereocenters. The highest BCUT2D eigenvalue weighted by Gasteiger charge is 2.06. The van der Waals surface area contributed by atoms with Crippen LogP contribution >= 0.6 is 0 Å². The largest absolute Gasteiger partial charge is 0.507 e. The van der Waals surface area contributed by atoms with Gasteiger partial charge in [0.15, 0.2) is 0 Å². The van der Waals surface area contributed by atoms with Crippen molar-refractivity contribution in [1.82, 2.24) is 5.43 Å². The molecule has 1 aromatic carbocycles. The Kier molecular flexibility index (Phi) is 5.34. The monoisotopic (exact) mass is 265 g/mol. The van der Waals surface area contributed by atoms with Gasteiger partial charge in [-0.2, -0.15) is 5.10 Å². The highest BCUT2D eigenvalue weighted by atomic mass is 16.5. The van der Waals surface area contributed by atoms with E-state index in [1.807, 2.05) is 12.3 Å². The Hall–Kier alpha value is -2.57. The van der Waals surface area contributed by atoms with Crippen molar-refractivity contribution >= 4 is 18.0 Å². The molecule has 0 aromatic heterocycles. The third kappa shape index (κ3) is 4.66. The number of hydrogen-bond acceptors (Lipinski definition) is 5. The number of hydrazone groups is 1. The minimum absolute atomic E-state index is 0.0503. The zero-order chi connectivity index (χ0) is 14.3. The SMILES string of the molecule is CCCOc1ccc(/C=N/NC(=O)C(N)=O)c(O)c1. The first kappa shape index (κ1) is 14.5. The summed E-state index contributed by atoms with van der Waals surface area (Å²) >= 11 is 0. The fourth-order valence-electron chi connectivity index (χ4n) is 1.16. The number of nitrogens with one attached hydrogen (secondary N) is 1. The number of hydrogen-bond donors (Lipinski definition) is 3. The second kappa shape index (κ2) is 7.00. The quantitative estimate of drug-likeness (QED) is 0.398. The fourth-order valence-corrected chi connectivity index (χ4v) is 1.16. The zero-order valence-electron chi connectivity index (χ0n) is 10.4. The fraction of sp³-hybridized carbons (Fsp3) is 0.250. The molecule has 2 amide bonds. The number of primary amides is 1. The predicted molar refractivity (Wildman–Crippen MR) is 68.8 cm³/mol. The molecule has 0 aliphatic carbocycles. The second-order valence-electron chi connectivity index (χ2n) is 3.63. The summed E-state index contributed by atoms with van der Waals surface area (Å²) in [5.41, 5.74) is 7.01. The molecule has 1 aromatic rings. The van der Waals surface area contributed by atoms with E-state index in [-0.39, 0.29) is 5.75 Å². The van der Waals surface area contributed by atoms with E-state index in [0.717, 1.165) is 6.42 Å². The van der Waals surface area contributed by atoms with Crippen molar-refractivity contribution in [2.75, 3.05) is 6.61 Å². The van der Waals surface area contributed by atoms with Gasteiger partial charge in [0.2, 0.25) is 0 Å². The van der Waals surface area contributed by atoms with Crippen LogP contribution in [0.4, 0.5) is 0 Å². The van der Waals surface area contributed by atoms with Crippen molar-refractivity contribution in [3.63, 3.8) is 0 Å². The molecule has 7 heteroatoms. The number of aromatic hydroxyl groups is 1. The molecule has 0 saturated heterocycles. The molecular formula is C12H15N3O4. The lowest BCUT2D eigenvalue weighted by Crippen LogP contribution is -2.32. The summed E-state index contributed by atoms with van der Waals surface area (Å²) in [7, 11) is 0. The Morgan fingerprint density at radius 1 is 1.53 bits per heavy atom. The van der Waals surface area contributed by atoms with E-state index in [1.54, 1.807) is 12.1 Å². The highest BCUT2D eigenvalue weighted by molar-refractivity contribution is 6.34. The summed E-state index contributed by atoms with van der Waals surface area (Å²) in [6, 6.07) is 4.67. The number of phenolic OH excluding ortho intramolecular Hbond substituents is 1. The predicted octanol–water partition coefficient (Wildman–Crippen LogP) is 0.116. The maximum absolute atomic E-state index is 10.8. The number of nitrogens with two attached hydrogens (primary N) is 1. The Morgan fingerprint density at radius 2 is 2.26 bits per heavy atom. The van der Waals surface area contributed by atoms with Crippen LogP contribution < -0.4 is 15.9 Å². The molecule has 0 aliphatic heterocycles. The molecule has 19 heavy (non-hydrogen) atoms. The number of carbonyl (C=O) groups excluding carboxylic acids is 2. The molecule has 0 aliphatic rings. The summed E-state index contributed by atoms with van der Waals surface area (Å²) < 4.78 is 5.33. The summed E-state index contributed by atoms with van der Waals surface area (Å²) in [5.74, 6) is -1.67. The lowest BCUT2D eigenvalue weighted by atomic mass is 10.2. The minimum atomic E-state index is -1.13. The number of phenols is 1. The van der Waals surface area contributed by atoms with Crippen LogP contribution in [-0.4, -0.2) is 29.7 Å². The van der Waals surface area contributed by atoms with Gasteiger partial charge in [0, 0.05) is 11.6 Å². The van der Waals surface area contributed by atoms with Crippen LogP contribution in [0.15, 0.2) is 23.3 Å². The smallest absolute Gasteiger partial charge is 0.329 e. The zero-order valence-corrected chi connectivity index (χ0v) is 10.4. The minimum Gasteiger partial charge on any atom is -0.507 e. The van der Waals surface area contributed by atoms with Crippen molar-refractivity contribution in [3.05, 3.63) is 23.8 Å². The third-order valence-corrected chi connectivity index (χ3v) is 2.07. The maximum atomic E-state index is 10.8. The topological polar surface area (TPSA) is 114 Å². The molecule has 0 radical (unpaired) electrons. The molecule has 0 bridgehead atoms. The Labute approximate surface area is 110 Å². The normalized spacial score (nSPS) is 10.4. The van der Waals surface area contributed by atoms with E-state index in [2.05, 4.69) is 5.10 Å². The highest BCUT2D eigenvalue weighted by Crippen LogP contribution is 2.22. The van der Waals surface area contributed by atoms with Crippen molar-refractivity contribution in [1.29, 1.82) is 0 Å². The molecule has 0 unspecified atom stereocenters. The van der Waals surface area contributed by atoms with Crippen molar-refractivity contribution in [3.8, 4) is 11.5 Å². The second-order valence-corrected chi connectivity index (χ2v) is 3.63. The average molecular weight is 265 g/mol. The number of rotatable bonds is 5. The van der Waals surface area contributed by atoms with Gasteiger partial charge in [0.1, 0.15) is 11.5 Å². The molecule has 0 heterocycles. The van der Waals surface area contributed by atoms with Gasteiger partial charge in [-0.15, -0.1) is 0 Å². The molecule has 7 nitrogen and oxygen atoms in total. The number of nitrogens with zero attached hydrogens (tertiary/aromatic N) is 1. The van der Waals surface area contributed by atoms with Crippen LogP contribution in [0.5, 0.6) is 11.5 Å². The van der Waals surface area contributed by atoms with Crippen molar-refractivity contribution < 1.29 is 19.4 Å². The van der Waals surface area contributed by atoms with Gasteiger partial charge in [0.05, 0.1) is 12.8 Å². The van der Waals surface area contributed by atoms with Gasteiger partial charge < -0.3 is 15.6 Å². The van der Waals surface area contributed by atoms with E-state index in [1.165, 1.54) is 12.3 Å². The van der Waals surface area contributed by atoms with Crippen LogP contribution in [0.2, 0.25) is 0 Å². The molecule has 1 rings (SSSR count). The molecule has 0 fully saturated rings. The van der Waals surface area contributed by atoms with Crippen LogP contribution in [0.3, 0.4) is 0 Å². The standard InChI is InChI=1S/C12H15N3O4/c1-2-5-19-9-4-3-8(10(16)6-9)7-14-15-12(18)11(13)17/h3-4,6-7,16H,2,5H2,1H3,(H2,13,17)(H,15,18)/b14-7+. The summed E-state index contributed by atoms with van der Waals surface area (Å²) in [4.78, 5) is 21.2. The first-order chi connectivity index (χ1) is 9.04. The van der Waals surface area contributed by atoms with E-state index in [9.17, 15) is 14.7 Å². The van der Waals surface area contributed by atoms with Gasteiger partial charge in [-0.1, -0.05) is 6.92 Å². The van der Waals surface area contributed by atoms with Crippen LogP contribution in [-0.2, 0) is 9.59 Å². The summed E-state index contributed by atoms with van der Waals surface area (Å²) in [6.45, 7) is 2.53. The van der Waals surface area contributed by atoms with E-state index < -0.39 is 11.8 Å². The maximum Gasteiger partial charge on any atom is 0.329 e. The number of ether oxygens (including phenoxy) is 1. The number of amides is 2. The Balaban J connectivity index is 2.66. The van der Waals surface area contributed by atoms with Crippen LogP contribution in [0.1, 0.15) is 18.9 Å². The lowest BCUT2D eigenvalue weighted by Gasteiger charge is -2.06. The van der Waals surface area contributed by atoms with Crippen molar-refractivity contribution in [2.45, 2.75) is 13.3 Å². The van der Waals surface area contributed by atoms with E-state index in [0.29, 0.717) is 17.9 Å². The molecule has 0 spiro atoms. The Morgan fingerprint density at radius 3 is 2.84 bits per heavy atom. The van der Waals surface area contributed by atoms with E-state index >= 15 is 0 Å². The Bertz CT molecular complexity index is 500. The lowest BCUT2D eigenvalue weighted by molar-refractivity contribution is -0.137. The molecule has 4 N–H and O–H groups in total. The van der Waals surface area contributed by atoms with Gasteiger partial charge in [0.25, 0.3) is 0 Å². The van der Waals surface area contributed by atoms with Crippen LogP contribution in [0.25, 0.3) is 0 Å². The average Bonchev–Trinajstić information content (AvgIpc) is 2.38. The summed E-state index contributed by atoms with van der Waals surface area (Å²) in [5, 5.41) is 13.2. The number of benzene rings is 1.